The van der Waals surface area contributed by atoms with Crippen LogP contribution in [-0.4, -0.2) is 56.0 Å². The van der Waals surface area contributed by atoms with Crippen LogP contribution in [0.15, 0.2) is 36.4 Å². The predicted molar refractivity (Wildman–Crippen MR) is 168 cm³/mol. The number of likely N-dealkylation sites (tertiary alicyclic amines) is 1. The molecule has 0 bridgehead atoms. The maximum absolute atomic E-state index is 13.5. The van der Waals surface area contributed by atoms with E-state index in [0.717, 1.165) is 64.2 Å². The summed E-state index contributed by atoms with van der Waals surface area (Å²) in [6.07, 6.45) is 8.22. The van der Waals surface area contributed by atoms with Crippen molar-refractivity contribution in [1.29, 1.82) is 10.5 Å². The standard InChI is InChI=1S/C20H27FN2O3.C15H19FN2O/c1-20(2,3)26-19(24)23-10-8-15(9-11-23)5-4-12-25-17-7-6-16(14-22)18(21)13-17;16-15-10-14(4-3-13(15)11-17)19-9-1-2-12-5-7-18-8-6-12/h6-7,13,15H,4-5,8-12H2,1-3H3;3-4,10,12,18H,1-2,5-9H2. The van der Waals surface area contributed by atoms with Gasteiger partial charge in [-0.1, -0.05) is 0 Å². The Bertz CT molecular complexity index is 1300. The van der Waals surface area contributed by atoms with Crippen LogP contribution in [0, 0.1) is 46.1 Å². The first kappa shape index (κ1) is 35.6. The maximum Gasteiger partial charge on any atom is 0.410 e. The largest absolute Gasteiger partial charge is 0.493 e. The lowest BCUT2D eigenvalue weighted by Crippen LogP contribution is -2.41. The summed E-state index contributed by atoms with van der Waals surface area (Å²) in [6, 6.07) is 12.3. The van der Waals surface area contributed by atoms with E-state index in [1.807, 2.05) is 20.8 Å². The van der Waals surface area contributed by atoms with Gasteiger partial charge >= 0.3 is 6.09 Å². The number of hydrogen-bond acceptors (Lipinski definition) is 7. The van der Waals surface area contributed by atoms with Gasteiger partial charge in [-0.2, -0.15) is 10.5 Å². The molecule has 2 fully saturated rings. The van der Waals surface area contributed by atoms with Gasteiger partial charge in [-0.05, 0) is 121 Å². The fraction of sp³-hybridized carbons (Fsp3) is 0.571. The second-order valence-electron chi connectivity index (χ2n) is 12.6. The Hall–Kier alpha value is -3.89. The van der Waals surface area contributed by atoms with Crippen LogP contribution >= 0.6 is 0 Å². The zero-order chi connectivity index (χ0) is 32.7. The molecule has 0 radical (unpaired) electrons. The molecule has 2 aromatic rings. The molecular formula is C35H46F2N4O4. The molecule has 10 heteroatoms. The van der Waals surface area contributed by atoms with E-state index in [1.165, 1.54) is 43.5 Å². The molecule has 244 valence electrons. The van der Waals surface area contributed by atoms with Crippen molar-refractivity contribution in [2.75, 3.05) is 39.4 Å². The molecule has 1 amide bonds. The van der Waals surface area contributed by atoms with E-state index in [-0.39, 0.29) is 17.2 Å². The van der Waals surface area contributed by atoms with Gasteiger partial charge in [-0.25, -0.2) is 13.6 Å². The van der Waals surface area contributed by atoms with Crippen LogP contribution in [0.3, 0.4) is 0 Å². The number of carbonyl (C=O) groups excluding carboxylic acids is 1. The van der Waals surface area contributed by atoms with Crippen molar-refractivity contribution in [3.8, 4) is 23.6 Å². The molecule has 2 saturated heterocycles. The predicted octanol–water partition coefficient (Wildman–Crippen LogP) is 7.36. The summed E-state index contributed by atoms with van der Waals surface area (Å²) >= 11 is 0. The molecule has 0 saturated carbocycles. The number of hydrogen-bond donors (Lipinski definition) is 1. The van der Waals surface area contributed by atoms with Crippen molar-refractivity contribution in [1.82, 2.24) is 10.2 Å². The number of piperidine rings is 2. The first-order valence-corrected chi connectivity index (χ1v) is 15.9. The Morgan fingerprint density at radius 3 is 1.73 bits per heavy atom. The third-order valence-corrected chi connectivity index (χ3v) is 7.90. The Kier molecular flexibility index (Phi) is 14.4. The van der Waals surface area contributed by atoms with Gasteiger partial charge in [0, 0.05) is 25.2 Å². The van der Waals surface area contributed by atoms with Crippen LogP contribution < -0.4 is 14.8 Å². The topological polar surface area (TPSA) is 108 Å². The minimum atomic E-state index is -0.556. The third-order valence-electron chi connectivity index (χ3n) is 7.90. The van der Waals surface area contributed by atoms with Crippen LogP contribution in [0.2, 0.25) is 0 Å². The average molecular weight is 625 g/mol. The van der Waals surface area contributed by atoms with Crippen LogP contribution in [0.25, 0.3) is 0 Å². The number of halogens is 2. The highest BCUT2D eigenvalue weighted by Gasteiger charge is 2.26. The minimum absolute atomic E-state index is 0.0223. The van der Waals surface area contributed by atoms with Gasteiger partial charge in [0.25, 0.3) is 0 Å². The fourth-order valence-corrected chi connectivity index (χ4v) is 5.38. The summed E-state index contributed by atoms with van der Waals surface area (Å²) in [7, 11) is 0. The van der Waals surface area contributed by atoms with Crippen LogP contribution in [0.4, 0.5) is 13.6 Å². The lowest BCUT2D eigenvalue weighted by atomic mass is 9.92. The normalized spacial score (nSPS) is 15.7. The quantitative estimate of drug-likeness (QED) is 0.275. The molecule has 8 nitrogen and oxygen atoms in total. The van der Waals surface area contributed by atoms with Gasteiger partial charge in [-0.3, -0.25) is 0 Å². The van der Waals surface area contributed by atoms with Crippen LogP contribution in [0.1, 0.15) is 83.3 Å². The van der Waals surface area contributed by atoms with E-state index in [0.29, 0.717) is 30.6 Å². The highest BCUT2D eigenvalue weighted by Crippen LogP contribution is 2.24. The Morgan fingerprint density at radius 1 is 0.844 bits per heavy atom. The van der Waals surface area contributed by atoms with Crippen molar-refractivity contribution < 1.29 is 27.8 Å². The number of benzene rings is 2. The van der Waals surface area contributed by atoms with E-state index in [4.69, 9.17) is 24.7 Å². The van der Waals surface area contributed by atoms with Crippen LogP contribution in [0.5, 0.6) is 11.5 Å². The zero-order valence-electron chi connectivity index (χ0n) is 26.7. The van der Waals surface area contributed by atoms with Gasteiger partial charge in [-0.15, -0.1) is 0 Å². The number of nitrogens with one attached hydrogen (secondary N) is 1. The number of nitriles is 2. The molecule has 0 aliphatic carbocycles. The number of nitrogens with zero attached hydrogens (tertiary/aromatic N) is 3. The lowest BCUT2D eigenvalue weighted by molar-refractivity contribution is 0.0179. The number of rotatable bonds is 10. The summed E-state index contributed by atoms with van der Waals surface area (Å²) in [4.78, 5) is 13.8. The number of carbonyl (C=O) groups is 1. The Morgan fingerprint density at radius 2 is 1.31 bits per heavy atom. The highest BCUT2D eigenvalue weighted by molar-refractivity contribution is 5.68. The molecule has 2 aliphatic heterocycles. The summed E-state index contributed by atoms with van der Waals surface area (Å²) in [6.45, 7) is 10.4. The summed E-state index contributed by atoms with van der Waals surface area (Å²) < 4.78 is 43.3. The van der Waals surface area contributed by atoms with Crippen molar-refractivity contribution >= 4 is 6.09 Å². The zero-order valence-corrected chi connectivity index (χ0v) is 26.7. The van der Waals surface area contributed by atoms with Gasteiger partial charge in [0.1, 0.15) is 40.9 Å². The summed E-state index contributed by atoms with van der Waals surface area (Å²) in [5.74, 6) is 1.23. The Balaban J connectivity index is 0.000000257. The van der Waals surface area contributed by atoms with E-state index < -0.39 is 17.2 Å². The first-order chi connectivity index (χ1) is 21.6. The summed E-state index contributed by atoms with van der Waals surface area (Å²) in [5.41, 5.74) is -0.382. The lowest BCUT2D eigenvalue weighted by Gasteiger charge is -2.33. The van der Waals surface area contributed by atoms with E-state index in [1.54, 1.807) is 29.2 Å². The van der Waals surface area contributed by atoms with Crippen molar-refractivity contribution in [2.45, 2.75) is 77.7 Å². The highest BCUT2D eigenvalue weighted by atomic mass is 19.1. The first-order valence-electron chi connectivity index (χ1n) is 15.9. The van der Waals surface area contributed by atoms with E-state index in [2.05, 4.69) is 5.32 Å². The van der Waals surface area contributed by atoms with Crippen molar-refractivity contribution in [3.63, 3.8) is 0 Å². The molecule has 2 aromatic carbocycles. The van der Waals surface area contributed by atoms with Crippen molar-refractivity contribution in [3.05, 3.63) is 59.2 Å². The van der Waals surface area contributed by atoms with Gasteiger partial charge in [0.05, 0.1) is 24.3 Å². The van der Waals surface area contributed by atoms with Crippen LogP contribution in [-0.2, 0) is 4.74 Å². The SMILES string of the molecule is CC(C)(C)OC(=O)N1CCC(CCCOc2ccc(C#N)c(F)c2)CC1.N#Cc1ccc(OCCCC2CCNCC2)cc1F. The van der Waals surface area contributed by atoms with E-state index in [9.17, 15) is 13.6 Å². The second-order valence-corrected chi connectivity index (χ2v) is 12.6. The monoisotopic (exact) mass is 624 g/mol. The minimum Gasteiger partial charge on any atom is -0.493 e. The smallest absolute Gasteiger partial charge is 0.410 e. The van der Waals surface area contributed by atoms with Gasteiger partial charge in [0.15, 0.2) is 0 Å². The fourth-order valence-electron chi connectivity index (χ4n) is 5.38. The molecule has 2 aliphatic rings. The van der Waals surface area contributed by atoms with Crippen molar-refractivity contribution in [2.24, 2.45) is 11.8 Å². The van der Waals surface area contributed by atoms with E-state index >= 15 is 0 Å². The van der Waals surface area contributed by atoms with Gasteiger partial charge in [0.2, 0.25) is 0 Å². The molecule has 1 N–H and O–H groups in total. The van der Waals surface area contributed by atoms with Gasteiger partial charge < -0.3 is 24.4 Å². The Labute approximate surface area is 266 Å². The second kappa shape index (κ2) is 18.2. The number of amides is 1. The molecule has 4 rings (SSSR count). The maximum atomic E-state index is 13.5. The molecule has 0 unspecified atom stereocenters. The molecule has 0 aromatic heterocycles. The average Bonchev–Trinajstić information content (AvgIpc) is 3.02. The molecule has 0 spiro atoms. The molecule has 0 atom stereocenters. The summed E-state index contributed by atoms with van der Waals surface area (Å²) in [5, 5.41) is 20.7. The number of ether oxygens (including phenoxy) is 3. The molecular weight excluding hydrogens is 578 g/mol. The molecule has 45 heavy (non-hydrogen) atoms. The molecule has 2 heterocycles. The third kappa shape index (κ3) is 12.9.